The number of esters is 1. The number of aromatic amines is 1. The van der Waals surface area contributed by atoms with E-state index in [9.17, 15) is 32.8 Å². The van der Waals surface area contributed by atoms with E-state index < -0.39 is 41.0 Å². The number of halogens is 2. The third-order valence-electron chi connectivity index (χ3n) is 9.78. The van der Waals surface area contributed by atoms with Crippen LogP contribution in [0.2, 0.25) is 0 Å². The minimum atomic E-state index is -1.20. The molecule has 4 aliphatic carbocycles. The number of anilines is 1. The van der Waals surface area contributed by atoms with Crippen molar-refractivity contribution >= 4 is 40.3 Å². The highest BCUT2D eigenvalue weighted by Gasteiger charge is 2.48. The van der Waals surface area contributed by atoms with Gasteiger partial charge < -0.3 is 30.2 Å². The van der Waals surface area contributed by atoms with E-state index in [0.29, 0.717) is 11.8 Å². The molecule has 4 bridgehead atoms. The summed E-state index contributed by atoms with van der Waals surface area (Å²) < 4.78 is 33.8. The standard InChI is InChI=1S/C34H37F2N5O6/c1-47-29(43)7-3-2-5-25(38-33(45)27-16-22-24(37-27)9-8-23(35)30(22)36)32(44)39-26-6-4-10-41(34(26)46)17-28(42)40-31-20-12-18-11-19(14-20)15-21(31)13-18/h3-4,6-10,16,18-21,25,31,37H,2,5,11-15,17H2,1H3,(H,38,45)(H,39,44)(H,40,42)/b7-3+/t18?,19?,20?,21?,25-,31?/m0/s1. The molecule has 7 rings (SSSR count). The van der Waals surface area contributed by atoms with Crippen molar-refractivity contribution in [3.05, 3.63) is 76.4 Å². The third kappa shape index (κ3) is 6.98. The lowest BCUT2D eigenvalue weighted by molar-refractivity contribution is -0.134. The molecule has 3 amide bonds. The molecule has 0 aliphatic heterocycles. The molecule has 0 radical (unpaired) electrons. The maximum absolute atomic E-state index is 14.3. The molecular weight excluding hydrogens is 612 g/mol. The number of methoxy groups -OCH3 is 1. The Labute approximate surface area is 269 Å². The highest BCUT2D eigenvalue weighted by molar-refractivity contribution is 6.02. The number of fused-ring (bicyclic) bond motifs is 1. The van der Waals surface area contributed by atoms with Crippen molar-refractivity contribution in [2.75, 3.05) is 12.4 Å². The number of H-pyrrole nitrogens is 1. The fourth-order valence-corrected chi connectivity index (χ4v) is 7.80. The number of benzene rings is 1. The van der Waals surface area contributed by atoms with Crippen molar-refractivity contribution < 1.29 is 32.7 Å². The lowest BCUT2D eigenvalue weighted by Gasteiger charge is -2.54. The molecule has 1 aromatic carbocycles. The Morgan fingerprint density at radius 3 is 2.49 bits per heavy atom. The number of pyridine rings is 1. The Bertz CT molecular complexity index is 1770. The quantitative estimate of drug-likeness (QED) is 0.183. The monoisotopic (exact) mass is 649 g/mol. The van der Waals surface area contributed by atoms with Crippen LogP contribution >= 0.6 is 0 Å². The second kappa shape index (κ2) is 13.5. The second-order valence-electron chi connectivity index (χ2n) is 12.9. The molecule has 4 aliphatic rings. The number of nitrogens with zero attached hydrogens (tertiary/aromatic N) is 1. The van der Waals surface area contributed by atoms with E-state index in [1.54, 1.807) is 0 Å². The molecule has 4 N–H and O–H groups in total. The molecule has 0 saturated heterocycles. The van der Waals surface area contributed by atoms with Gasteiger partial charge in [-0.3, -0.25) is 19.2 Å². The van der Waals surface area contributed by atoms with Crippen molar-refractivity contribution in [3.63, 3.8) is 0 Å². The van der Waals surface area contributed by atoms with E-state index in [1.165, 1.54) is 54.6 Å². The summed E-state index contributed by atoms with van der Waals surface area (Å²) in [6.45, 7) is -0.207. The summed E-state index contributed by atoms with van der Waals surface area (Å²) >= 11 is 0. The van der Waals surface area contributed by atoms with Crippen LogP contribution in [0, 0.1) is 35.3 Å². The predicted molar refractivity (Wildman–Crippen MR) is 168 cm³/mol. The minimum absolute atomic E-state index is 0.0170. The fraction of sp³-hybridized carbons (Fsp3) is 0.441. The summed E-state index contributed by atoms with van der Waals surface area (Å²) in [6.07, 6.45) is 10.2. The molecule has 2 aromatic heterocycles. The number of allylic oxidation sites excluding steroid dienone is 1. The highest BCUT2D eigenvalue weighted by atomic mass is 19.2. The van der Waals surface area contributed by atoms with Gasteiger partial charge in [-0.25, -0.2) is 13.6 Å². The molecule has 2 heterocycles. The maximum Gasteiger partial charge on any atom is 0.330 e. The molecule has 0 spiro atoms. The van der Waals surface area contributed by atoms with Crippen molar-refractivity contribution in [3.8, 4) is 0 Å². The second-order valence-corrected chi connectivity index (χ2v) is 12.9. The summed E-state index contributed by atoms with van der Waals surface area (Å²) in [5.74, 6) is -2.06. The molecule has 3 aromatic rings. The Hall–Kier alpha value is -4.81. The van der Waals surface area contributed by atoms with Gasteiger partial charge in [-0.15, -0.1) is 0 Å². The normalized spacial score (nSPS) is 23.5. The Morgan fingerprint density at radius 2 is 1.79 bits per heavy atom. The van der Waals surface area contributed by atoms with Gasteiger partial charge in [0.1, 0.15) is 24.0 Å². The Kier molecular flexibility index (Phi) is 9.24. The van der Waals surface area contributed by atoms with Gasteiger partial charge in [0.05, 0.1) is 7.11 Å². The minimum Gasteiger partial charge on any atom is -0.466 e. The van der Waals surface area contributed by atoms with Crippen molar-refractivity contribution in [2.24, 2.45) is 23.7 Å². The molecule has 4 saturated carbocycles. The number of carbonyl (C=O) groups excluding carboxylic acids is 4. The van der Waals surface area contributed by atoms with Gasteiger partial charge in [0.15, 0.2) is 11.6 Å². The van der Waals surface area contributed by atoms with Crippen LogP contribution in [-0.2, 0) is 25.7 Å². The van der Waals surface area contributed by atoms with Crippen molar-refractivity contribution in [1.29, 1.82) is 0 Å². The molecule has 248 valence electrons. The van der Waals surface area contributed by atoms with Crippen LogP contribution in [0.5, 0.6) is 0 Å². The SMILES string of the molecule is COC(=O)/C=C/CC[C@H](NC(=O)c1cc2c(F)c(F)ccc2[nH]1)C(=O)Nc1cccn(CC(=O)NC2C3CC4CC(C3)CC2C4)c1=O. The number of ether oxygens (including phenoxy) is 1. The number of aromatic nitrogens is 2. The number of hydrogen-bond donors (Lipinski definition) is 4. The van der Waals surface area contributed by atoms with E-state index in [4.69, 9.17) is 0 Å². The smallest absolute Gasteiger partial charge is 0.330 e. The molecule has 13 heteroatoms. The number of rotatable bonds is 11. The number of carbonyl (C=O) groups is 4. The third-order valence-corrected chi connectivity index (χ3v) is 9.78. The molecule has 11 nitrogen and oxygen atoms in total. The van der Waals surface area contributed by atoms with Crippen LogP contribution in [0.3, 0.4) is 0 Å². The van der Waals surface area contributed by atoms with Crippen LogP contribution in [-0.4, -0.2) is 52.4 Å². The van der Waals surface area contributed by atoms with Gasteiger partial charge in [-0.1, -0.05) is 6.08 Å². The van der Waals surface area contributed by atoms with Crippen LogP contribution in [0.4, 0.5) is 14.5 Å². The van der Waals surface area contributed by atoms with E-state index in [2.05, 4.69) is 25.7 Å². The van der Waals surface area contributed by atoms with Gasteiger partial charge in [-0.2, -0.15) is 0 Å². The zero-order chi connectivity index (χ0) is 33.2. The first-order valence-corrected chi connectivity index (χ1v) is 15.9. The summed E-state index contributed by atoms with van der Waals surface area (Å²) in [5.41, 5.74) is -0.606. The fourth-order valence-electron chi connectivity index (χ4n) is 7.80. The van der Waals surface area contributed by atoms with E-state index in [1.807, 2.05) is 0 Å². The Morgan fingerprint density at radius 1 is 1.06 bits per heavy atom. The lowest BCUT2D eigenvalue weighted by atomic mass is 9.54. The van der Waals surface area contributed by atoms with E-state index in [0.717, 1.165) is 49.7 Å². The van der Waals surface area contributed by atoms with Crippen LogP contribution in [0.1, 0.15) is 55.4 Å². The topological polar surface area (TPSA) is 151 Å². The van der Waals surface area contributed by atoms with Gasteiger partial charge >= 0.3 is 5.97 Å². The summed E-state index contributed by atoms with van der Waals surface area (Å²) in [4.78, 5) is 67.1. The first kappa shape index (κ1) is 32.1. The predicted octanol–water partition coefficient (Wildman–Crippen LogP) is 3.80. The summed E-state index contributed by atoms with van der Waals surface area (Å²) in [6, 6.07) is 5.22. The van der Waals surface area contributed by atoms with E-state index >= 15 is 0 Å². The first-order valence-electron chi connectivity index (χ1n) is 15.9. The number of hydrogen-bond acceptors (Lipinski definition) is 6. The Balaban J connectivity index is 1.13. The average molecular weight is 650 g/mol. The van der Waals surface area contributed by atoms with Crippen LogP contribution < -0.4 is 21.5 Å². The van der Waals surface area contributed by atoms with Gasteiger partial charge in [0.2, 0.25) is 11.8 Å². The first-order chi connectivity index (χ1) is 22.6. The highest BCUT2D eigenvalue weighted by Crippen LogP contribution is 2.53. The largest absolute Gasteiger partial charge is 0.466 e. The number of nitrogens with one attached hydrogen (secondary N) is 4. The summed E-state index contributed by atoms with van der Waals surface area (Å²) in [7, 11) is 1.22. The zero-order valence-corrected chi connectivity index (χ0v) is 25.9. The number of amides is 3. The molecule has 47 heavy (non-hydrogen) atoms. The van der Waals surface area contributed by atoms with E-state index in [-0.39, 0.29) is 53.6 Å². The molecular formula is C34H37F2N5O6. The maximum atomic E-state index is 14.3. The van der Waals surface area contributed by atoms with Crippen molar-refractivity contribution in [2.45, 2.75) is 63.6 Å². The van der Waals surface area contributed by atoms with Gasteiger partial charge in [-0.05, 0) is 98.9 Å². The lowest BCUT2D eigenvalue weighted by Crippen LogP contribution is -2.56. The molecule has 0 unspecified atom stereocenters. The van der Waals surface area contributed by atoms with Crippen LogP contribution in [0.15, 0.2) is 53.5 Å². The molecule has 1 atom stereocenters. The molecule has 4 fully saturated rings. The average Bonchev–Trinajstić information content (AvgIpc) is 3.49. The van der Waals surface area contributed by atoms with Crippen LogP contribution in [0.25, 0.3) is 10.9 Å². The van der Waals surface area contributed by atoms with Crippen molar-refractivity contribution in [1.82, 2.24) is 20.2 Å². The van der Waals surface area contributed by atoms with Gasteiger partial charge in [0.25, 0.3) is 11.5 Å². The van der Waals surface area contributed by atoms with Gasteiger partial charge in [0, 0.05) is 29.2 Å². The summed E-state index contributed by atoms with van der Waals surface area (Å²) in [5, 5.41) is 8.18. The zero-order valence-electron chi connectivity index (χ0n) is 25.9.